The molecule has 2 unspecified atom stereocenters. The van der Waals surface area contributed by atoms with Gasteiger partial charge in [0.2, 0.25) is 0 Å². The summed E-state index contributed by atoms with van der Waals surface area (Å²) in [5.74, 6) is 1.16. The smallest absolute Gasteiger partial charge is 0.0541 e. The zero-order valence-corrected chi connectivity index (χ0v) is 9.60. The van der Waals surface area contributed by atoms with Gasteiger partial charge in [-0.05, 0) is 43.4 Å². The maximum Gasteiger partial charge on any atom is 0.0541 e. The van der Waals surface area contributed by atoms with Gasteiger partial charge in [-0.3, -0.25) is 4.98 Å². The molecule has 88 valence electrons. The van der Waals surface area contributed by atoms with Crippen LogP contribution in [0.15, 0.2) is 24.4 Å². The van der Waals surface area contributed by atoms with Crippen molar-refractivity contribution in [3.8, 4) is 0 Å². The van der Waals surface area contributed by atoms with Crippen LogP contribution in [-0.4, -0.2) is 23.2 Å². The van der Waals surface area contributed by atoms with Crippen LogP contribution < -0.4 is 5.32 Å². The van der Waals surface area contributed by atoms with Gasteiger partial charge in [0.15, 0.2) is 0 Å². The molecule has 0 aliphatic heterocycles. The van der Waals surface area contributed by atoms with Crippen LogP contribution in [0.5, 0.6) is 0 Å². The van der Waals surface area contributed by atoms with Gasteiger partial charge in [0.25, 0.3) is 0 Å². The van der Waals surface area contributed by atoms with E-state index >= 15 is 0 Å². The van der Waals surface area contributed by atoms with Crippen LogP contribution in [-0.2, 0) is 6.54 Å². The van der Waals surface area contributed by atoms with Crippen molar-refractivity contribution in [3.63, 3.8) is 0 Å². The van der Waals surface area contributed by atoms with Gasteiger partial charge in [-0.2, -0.15) is 0 Å². The Morgan fingerprint density at radius 1 is 1.31 bits per heavy atom. The molecule has 2 rings (SSSR count). The summed E-state index contributed by atoms with van der Waals surface area (Å²) < 4.78 is 0. The molecule has 0 amide bonds. The van der Waals surface area contributed by atoms with Crippen molar-refractivity contribution in [2.75, 3.05) is 13.2 Å². The minimum absolute atomic E-state index is 0.343. The molecule has 0 bridgehead atoms. The fourth-order valence-electron chi connectivity index (χ4n) is 2.51. The predicted molar refractivity (Wildman–Crippen MR) is 63.9 cm³/mol. The lowest BCUT2D eigenvalue weighted by atomic mass is 9.97. The minimum Gasteiger partial charge on any atom is -0.396 e. The van der Waals surface area contributed by atoms with Crippen LogP contribution in [0, 0.1) is 11.8 Å². The highest BCUT2D eigenvalue weighted by Crippen LogP contribution is 2.30. The molecule has 1 fully saturated rings. The zero-order valence-electron chi connectivity index (χ0n) is 9.60. The second-order valence-electron chi connectivity index (χ2n) is 4.59. The molecule has 1 aliphatic carbocycles. The lowest BCUT2D eigenvalue weighted by Gasteiger charge is -2.17. The number of aromatic nitrogens is 1. The maximum absolute atomic E-state index is 9.21. The number of pyridine rings is 1. The molecule has 1 aromatic rings. The summed E-state index contributed by atoms with van der Waals surface area (Å²) in [6.45, 7) is 2.17. The first-order chi connectivity index (χ1) is 7.90. The average Bonchev–Trinajstić information content (AvgIpc) is 2.78. The van der Waals surface area contributed by atoms with E-state index < -0.39 is 0 Å². The lowest BCUT2D eigenvalue weighted by Crippen LogP contribution is -2.26. The van der Waals surface area contributed by atoms with Crippen molar-refractivity contribution in [3.05, 3.63) is 30.1 Å². The van der Waals surface area contributed by atoms with E-state index in [-0.39, 0.29) is 0 Å². The van der Waals surface area contributed by atoms with E-state index in [0.29, 0.717) is 18.4 Å². The first-order valence-corrected chi connectivity index (χ1v) is 6.11. The number of aliphatic hydroxyl groups is 1. The minimum atomic E-state index is 0.343. The summed E-state index contributed by atoms with van der Waals surface area (Å²) in [4.78, 5) is 4.27. The Morgan fingerprint density at radius 3 is 2.94 bits per heavy atom. The van der Waals surface area contributed by atoms with Crippen molar-refractivity contribution < 1.29 is 5.11 Å². The van der Waals surface area contributed by atoms with E-state index in [0.717, 1.165) is 18.8 Å². The normalized spacial score (nSPS) is 24.8. The number of hydrogen-bond acceptors (Lipinski definition) is 3. The number of hydrogen-bond donors (Lipinski definition) is 2. The largest absolute Gasteiger partial charge is 0.396 e. The topological polar surface area (TPSA) is 45.1 Å². The molecule has 0 radical (unpaired) electrons. The second kappa shape index (κ2) is 5.97. The molecule has 1 saturated carbocycles. The van der Waals surface area contributed by atoms with Crippen LogP contribution >= 0.6 is 0 Å². The molecule has 3 nitrogen and oxygen atoms in total. The molecule has 1 aliphatic rings. The van der Waals surface area contributed by atoms with E-state index in [9.17, 15) is 5.11 Å². The first kappa shape index (κ1) is 11.6. The van der Waals surface area contributed by atoms with Crippen molar-refractivity contribution >= 4 is 0 Å². The predicted octanol–water partition coefficient (Wildman–Crippen LogP) is 1.58. The summed E-state index contributed by atoms with van der Waals surface area (Å²) in [7, 11) is 0. The standard InChI is InChI=1S/C13H20N2O/c16-10-12-5-3-4-11(12)8-14-9-13-6-1-2-7-15-13/h1-2,6-7,11-12,14,16H,3-5,8-10H2. The van der Waals surface area contributed by atoms with E-state index in [4.69, 9.17) is 0 Å². The Labute approximate surface area is 96.9 Å². The molecule has 2 atom stereocenters. The molecule has 2 N–H and O–H groups in total. The summed E-state index contributed by atoms with van der Waals surface area (Å²) in [5, 5.41) is 12.6. The Hall–Kier alpha value is -0.930. The number of nitrogens with zero attached hydrogens (tertiary/aromatic N) is 1. The molecule has 0 saturated heterocycles. The molecule has 0 spiro atoms. The molecule has 1 aromatic heterocycles. The Bertz CT molecular complexity index is 302. The van der Waals surface area contributed by atoms with Gasteiger partial charge in [-0.25, -0.2) is 0 Å². The summed E-state index contributed by atoms with van der Waals surface area (Å²) >= 11 is 0. The van der Waals surface area contributed by atoms with Crippen LogP contribution in [0.1, 0.15) is 25.0 Å². The third-order valence-corrected chi connectivity index (χ3v) is 3.49. The Kier molecular flexibility index (Phi) is 4.31. The SMILES string of the molecule is OCC1CCCC1CNCc1ccccn1. The highest BCUT2D eigenvalue weighted by Gasteiger charge is 2.25. The van der Waals surface area contributed by atoms with Gasteiger partial charge < -0.3 is 10.4 Å². The van der Waals surface area contributed by atoms with E-state index in [1.54, 1.807) is 0 Å². The first-order valence-electron chi connectivity index (χ1n) is 6.11. The second-order valence-corrected chi connectivity index (χ2v) is 4.59. The third-order valence-electron chi connectivity index (χ3n) is 3.49. The van der Waals surface area contributed by atoms with Crippen molar-refractivity contribution in [1.29, 1.82) is 0 Å². The van der Waals surface area contributed by atoms with Crippen LogP contribution in [0.4, 0.5) is 0 Å². The van der Waals surface area contributed by atoms with Gasteiger partial charge in [-0.15, -0.1) is 0 Å². The number of rotatable bonds is 5. The number of aliphatic hydroxyl groups excluding tert-OH is 1. The van der Waals surface area contributed by atoms with E-state index in [2.05, 4.69) is 10.3 Å². The van der Waals surface area contributed by atoms with Gasteiger partial charge in [0.05, 0.1) is 5.69 Å². The fraction of sp³-hybridized carbons (Fsp3) is 0.615. The average molecular weight is 220 g/mol. The van der Waals surface area contributed by atoms with Crippen molar-refractivity contribution in [2.24, 2.45) is 11.8 Å². The lowest BCUT2D eigenvalue weighted by molar-refractivity contribution is 0.192. The number of nitrogens with one attached hydrogen (secondary N) is 1. The Balaban J connectivity index is 1.72. The molecule has 3 heteroatoms. The van der Waals surface area contributed by atoms with Crippen molar-refractivity contribution in [2.45, 2.75) is 25.8 Å². The summed E-state index contributed by atoms with van der Waals surface area (Å²) in [5.41, 5.74) is 1.08. The molecular weight excluding hydrogens is 200 g/mol. The van der Waals surface area contributed by atoms with Gasteiger partial charge in [0, 0.05) is 19.3 Å². The third kappa shape index (κ3) is 3.03. The fourth-order valence-corrected chi connectivity index (χ4v) is 2.51. The van der Waals surface area contributed by atoms with Crippen LogP contribution in [0.25, 0.3) is 0 Å². The highest BCUT2D eigenvalue weighted by molar-refractivity contribution is 5.02. The van der Waals surface area contributed by atoms with Crippen LogP contribution in [0.2, 0.25) is 0 Å². The van der Waals surface area contributed by atoms with E-state index in [1.165, 1.54) is 19.3 Å². The zero-order chi connectivity index (χ0) is 11.2. The monoisotopic (exact) mass is 220 g/mol. The van der Waals surface area contributed by atoms with Gasteiger partial charge >= 0.3 is 0 Å². The molecule has 0 aromatic carbocycles. The highest BCUT2D eigenvalue weighted by atomic mass is 16.3. The van der Waals surface area contributed by atoms with Gasteiger partial charge in [0.1, 0.15) is 0 Å². The van der Waals surface area contributed by atoms with Crippen molar-refractivity contribution in [1.82, 2.24) is 10.3 Å². The summed E-state index contributed by atoms with van der Waals surface area (Å²) in [6, 6.07) is 5.98. The van der Waals surface area contributed by atoms with E-state index in [1.807, 2.05) is 24.4 Å². The van der Waals surface area contributed by atoms with Gasteiger partial charge in [-0.1, -0.05) is 12.5 Å². The maximum atomic E-state index is 9.21. The molecule has 16 heavy (non-hydrogen) atoms. The molecular formula is C13H20N2O. The summed E-state index contributed by atoms with van der Waals surface area (Å²) in [6.07, 6.45) is 5.52. The quantitative estimate of drug-likeness (QED) is 0.792. The Morgan fingerprint density at radius 2 is 2.19 bits per heavy atom. The van der Waals surface area contributed by atoms with Crippen LogP contribution in [0.3, 0.4) is 0 Å². The molecule has 1 heterocycles.